The number of aliphatic hydroxyl groups is 2. The van der Waals surface area contributed by atoms with E-state index in [4.69, 9.17) is 4.74 Å². The number of fused-ring (bicyclic) bond motifs is 5. The first-order valence-electron chi connectivity index (χ1n) is 9.97. The lowest BCUT2D eigenvalue weighted by molar-refractivity contribution is -0.221. The van der Waals surface area contributed by atoms with Crippen molar-refractivity contribution in [2.75, 3.05) is 0 Å². The molecule has 0 amide bonds. The van der Waals surface area contributed by atoms with E-state index >= 15 is 0 Å². The Morgan fingerprint density at radius 1 is 1.16 bits per heavy atom. The van der Waals surface area contributed by atoms with Crippen molar-refractivity contribution in [3.8, 4) is 0 Å². The van der Waals surface area contributed by atoms with Crippen molar-refractivity contribution in [1.82, 2.24) is 0 Å². The Hall–Kier alpha value is -0.870. The molecule has 4 heteroatoms. The third kappa shape index (κ3) is 2.51. The Bertz CT molecular complexity index is 613. The second-order valence-electron chi connectivity index (χ2n) is 9.61. The fourth-order valence-corrected chi connectivity index (χ4v) is 6.95. The van der Waals surface area contributed by atoms with Crippen LogP contribution in [0.2, 0.25) is 0 Å². The Kier molecular flexibility index (Phi) is 3.90. The quantitative estimate of drug-likeness (QED) is 0.432. The molecule has 2 N–H and O–H groups in total. The lowest BCUT2D eigenvalue weighted by Crippen LogP contribution is -2.53. The van der Waals surface area contributed by atoms with E-state index < -0.39 is 11.8 Å². The van der Waals surface area contributed by atoms with E-state index in [1.807, 2.05) is 0 Å². The normalized spacial score (nSPS) is 51.8. The first-order chi connectivity index (χ1) is 11.7. The van der Waals surface area contributed by atoms with E-state index in [2.05, 4.69) is 19.9 Å². The van der Waals surface area contributed by atoms with Crippen molar-refractivity contribution in [2.24, 2.45) is 28.6 Å². The zero-order valence-corrected chi connectivity index (χ0v) is 15.8. The van der Waals surface area contributed by atoms with Gasteiger partial charge in [-0.2, -0.15) is 0 Å². The summed E-state index contributed by atoms with van der Waals surface area (Å²) >= 11 is 0. The Morgan fingerprint density at radius 2 is 1.92 bits per heavy atom. The van der Waals surface area contributed by atoms with Crippen molar-refractivity contribution in [3.05, 3.63) is 11.6 Å². The molecule has 0 saturated heterocycles. The van der Waals surface area contributed by atoms with Crippen LogP contribution in [0.3, 0.4) is 0 Å². The van der Waals surface area contributed by atoms with Crippen molar-refractivity contribution < 1.29 is 19.7 Å². The number of aliphatic hydroxyl groups excluding tert-OH is 1. The van der Waals surface area contributed by atoms with Gasteiger partial charge in [0.05, 0.1) is 6.10 Å². The highest BCUT2D eigenvalue weighted by Crippen LogP contribution is 2.65. The van der Waals surface area contributed by atoms with Crippen molar-refractivity contribution in [2.45, 2.75) is 84.0 Å². The van der Waals surface area contributed by atoms with Crippen molar-refractivity contribution in [1.29, 1.82) is 0 Å². The summed E-state index contributed by atoms with van der Waals surface area (Å²) in [6.45, 7) is 6.02. The van der Waals surface area contributed by atoms with E-state index in [1.165, 1.54) is 12.5 Å². The summed E-state index contributed by atoms with van der Waals surface area (Å²) in [4.78, 5) is 11.4. The van der Waals surface area contributed by atoms with Crippen LogP contribution >= 0.6 is 0 Å². The van der Waals surface area contributed by atoms with Gasteiger partial charge in [-0.05, 0) is 67.1 Å². The van der Waals surface area contributed by atoms with Gasteiger partial charge in [-0.1, -0.05) is 25.5 Å². The molecule has 140 valence electrons. The second kappa shape index (κ2) is 5.56. The molecular weight excluding hydrogens is 316 g/mol. The molecule has 0 heterocycles. The molecule has 25 heavy (non-hydrogen) atoms. The predicted octanol–water partition coefficient (Wildman–Crippen LogP) is 3.56. The summed E-state index contributed by atoms with van der Waals surface area (Å²) in [5.41, 5.74) is 1.48. The molecule has 0 spiro atoms. The van der Waals surface area contributed by atoms with Crippen molar-refractivity contribution in [3.63, 3.8) is 0 Å². The minimum Gasteiger partial charge on any atom is -0.433 e. The summed E-state index contributed by atoms with van der Waals surface area (Å²) in [7, 11) is 0. The lowest BCUT2D eigenvalue weighted by Gasteiger charge is -2.58. The average Bonchev–Trinajstić information content (AvgIpc) is 2.83. The molecule has 0 unspecified atom stereocenters. The molecule has 0 radical (unpaired) electrons. The van der Waals surface area contributed by atoms with Crippen LogP contribution in [0.1, 0.15) is 72.1 Å². The van der Waals surface area contributed by atoms with Gasteiger partial charge in [0, 0.05) is 19.8 Å². The van der Waals surface area contributed by atoms with E-state index in [0.717, 1.165) is 38.5 Å². The van der Waals surface area contributed by atoms with E-state index in [9.17, 15) is 15.0 Å². The van der Waals surface area contributed by atoms with Crippen LogP contribution in [-0.2, 0) is 9.53 Å². The molecule has 4 nitrogen and oxygen atoms in total. The standard InChI is InChI=1S/C21H32O4/c1-13(22)25-21(24)11-10-19(2)14(12-21)4-5-15-16-6-7-18(23)20(16,3)9-8-17(15)19/h4,15-18,23-24H,5-12H2,1-3H3/t15-,16-,17-,18-,19-,20-,21-/m0/s1. The Balaban J connectivity index is 1.61. The first-order valence-corrected chi connectivity index (χ1v) is 9.97. The van der Waals surface area contributed by atoms with Gasteiger partial charge in [0.2, 0.25) is 5.79 Å². The predicted molar refractivity (Wildman–Crippen MR) is 94.4 cm³/mol. The molecular formula is C21H32O4. The fourth-order valence-electron chi connectivity index (χ4n) is 6.95. The molecule has 4 rings (SSSR count). The monoisotopic (exact) mass is 348 g/mol. The van der Waals surface area contributed by atoms with E-state index in [1.54, 1.807) is 0 Å². The van der Waals surface area contributed by atoms with Gasteiger partial charge in [0.25, 0.3) is 0 Å². The molecule has 0 aromatic rings. The summed E-state index contributed by atoms with van der Waals surface area (Å²) in [5.74, 6) is 0.151. The zero-order valence-electron chi connectivity index (χ0n) is 15.8. The van der Waals surface area contributed by atoms with Crippen LogP contribution in [-0.4, -0.2) is 28.1 Å². The highest BCUT2D eigenvalue weighted by atomic mass is 16.7. The zero-order chi connectivity index (χ0) is 18.0. The number of esters is 1. The lowest BCUT2D eigenvalue weighted by atomic mass is 9.47. The third-order valence-corrected chi connectivity index (χ3v) is 8.41. The maximum atomic E-state index is 11.4. The summed E-state index contributed by atoms with van der Waals surface area (Å²) in [5, 5.41) is 21.2. The minimum absolute atomic E-state index is 0.0933. The topological polar surface area (TPSA) is 66.8 Å². The van der Waals surface area contributed by atoms with E-state index in [0.29, 0.717) is 30.6 Å². The molecule has 0 aliphatic heterocycles. The highest BCUT2D eigenvalue weighted by Gasteiger charge is 2.59. The van der Waals surface area contributed by atoms with Gasteiger partial charge in [-0.15, -0.1) is 0 Å². The molecule has 0 bridgehead atoms. The van der Waals surface area contributed by atoms with Gasteiger partial charge < -0.3 is 14.9 Å². The number of carbonyl (C=O) groups is 1. The maximum Gasteiger partial charge on any atom is 0.305 e. The smallest absolute Gasteiger partial charge is 0.305 e. The molecule has 3 fully saturated rings. The van der Waals surface area contributed by atoms with Gasteiger partial charge in [-0.3, -0.25) is 4.79 Å². The van der Waals surface area contributed by atoms with Crippen LogP contribution in [0.15, 0.2) is 11.6 Å². The number of allylic oxidation sites excluding steroid dienone is 1. The molecule has 4 aliphatic rings. The highest BCUT2D eigenvalue weighted by molar-refractivity contribution is 5.66. The Morgan fingerprint density at radius 3 is 2.64 bits per heavy atom. The van der Waals surface area contributed by atoms with Gasteiger partial charge in [0.15, 0.2) is 0 Å². The first kappa shape index (κ1) is 17.5. The molecule has 0 aromatic heterocycles. The Labute approximate surface area is 150 Å². The van der Waals surface area contributed by atoms with Gasteiger partial charge >= 0.3 is 5.97 Å². The number of hydrogen-bond donors (Lipinski definition) is 2. The summed E-state index contributed by atoms with van der Waals surface area (Å²) in [6, 6.07) is 0. The maximum absolute atomic E-state index is 11.4. The van der Waals surface area contributed by atoms with E-state index in [-0.39, 0.29) is 16.9 Å². The van der Waals surface area contributed by atoms with Crippen LogP contribution in [0.5, 0.6) is 0 Å². The largest absolute Gasteiger partial charge is 0.433 e. The summed E-state index contributed by atoms with van der Waals surface area (Å²) in [6.07, 6.45) is 9.44. The second-order valence-corrected chi connectivity index (χ2v) is 9.61. The minimum atomic E-state index is -1.32. The number of ether oxygens (including phenoxy) is 1. The molecule has 7 atom stereocenters. The van der Waals surface area contributed by atoms with Crippen molar-refractivity contribution >= 4 is 5.97 Å². The van der Waals surface area contributed by atoms with Gasteiger partial charge in [0.1, 0.15) is 0 Å². The van der Waals surface area contributed by atoms with Crippen LogP contribution in [0.4, 0.5) is 0 Å². The van der Waals surface area contributed by atoms with Gasteiger partial charge in [-0.25, -0.2) is 0 Å². The summed E-state index contributed by atoms with van der Waals surface area (Å²) < 4.78 is 5.25. The van der Waals surface area contributed by atoms with Crippen LogP contribution < -0.4 is 0 Å². The number of rotatable bonds is 1. The van der Waals surface area contributed by atoms with Crippen LogP contribution in [0, 0.1) is 28.6 Å². The number of carbonyl (C=O) groups excluding carboxylic acids is 1. The molecule has 3 saturated carbocycles. The van der Waals surface area contributed by atoms with Crippen LogP contribution in [0.25, 0.3) is 0 Å². The average molecular weight is 348 g/mol. The molecule has 0 aromatic carbocycles. The fraction of sp³-hybridized carbons (Fsp3) is 0.857. The third-order valence-electron chi connectivity index (χ3n) is 8.41. The SMILES string of the molecule is CC(=O)O[C@@]1(O)CC[C@@]2(C)C(=CC[C@H]3[C@@H]4CC[C@H](O)[C@@]4(C)CC[C@@H]32)C1. The molecule has 4 aliphatic carbocycles. The number of hydrogen-bond acceptors (Lipinski definition) is 4.